The summed E-state index contributed by atoms with van der Waals surface area (Å²) >= 11 is 0. The molecular formula is C17H26N2O. The van der Waals surface area contributed by atoms with E-state index >= 15 is 0 Å². The van der Waals surface area contributed by atoms with Crippen LogP contribution in [0.5, 0.6) is 0 Å². The van der Waals surface area contributed by atoms with E-state index in [1.807, 2.05) is 19.1 Å². The monoisotopic (exact) mass is 274 g/mol. The van der Waals surface area contributed by atoms with Crippen molar-refractivity contribution in [3.63, 3.8) is 0 Å². The molecule has 0 aliphatic heterocycles. The number of benzene rings is 1. The Morgan fingerprint density at radius 3 is 2.65 bits per heavy atom. The number of rotatable bonds is 5. The molecule has 3 heteroatoms. The van der Waals surface area contributed by atoms with E-state index in [0.29, 0.717) is 22.6 Å². The van der Waals surface area contributed by atoms with Crippen LogP contribution < -0.4 is 11.1 Å². The lowest BCUT2D eigenvalue weighted by Gasteiger charge is -2.43. The molecule has 0 saturated heterocycles. The van der Waals surface area contributed by atoms with Gasteiger partial charge in [0.15, 0.2) is 0 Å². The van der Waals surface area contributed by atoms with Crippen molar-refractivity contribution in [2.24, 2.45) is 11.3 Å². The predicted octanol–water partition coefficient (Wildman–Crippen LogP) is 3.52. The van der Waals surface area contributed by atoms with Gasteiger partial charge in [0, 0.05) is 17.8 Å². The van der Waals surface area contributed by atoms with E-state index in [1.54, 1.807) is 6.07 Å². The van der Waals surface area contributed by atoms with Gasteiger partial charge in [-0.05, 0) is 55.2 Å². The van der Waals surface area contributed by atoms with Gasteiger partial charge in [-0.25, -0.2) is 0 Å². The van der Waals surface area contributed by atoms with E-state index in [4.69, 9.17) is 5.73 Å². The quantitative estimate of drug-likeness (QED) is 0.807. The Balaban J connectivity index is 1.99. The van der Waals surface area contributed by atoms with Gasteiger partial charge in [0.2, 0.25) is 0 Å². The maximum Gasteiger partial charge on any atom is 0.251 e. The van der Waals surface area contributed by atoms with Gasteiger partial charge < -0.3 is 11.1 Å². The summed E-state index contributed by atoms with van der Waals surface area (Å²) < 4.78 is 0. The second-order valence-corrected chi connectivity index (χ2v) is 6.71. The Morgan fingerprint density at radius 1 is 1.40 bits per heavy atom. The maximum absolute atomic E-state index is 12.3. The van der Waals surface area contributed by atoms with Gasteiger partial charge in [-0.3, -0.25) is 4.79 Å². The zero-order chi connectivity index (χ0) is 14.8. The minimum atomic E-state index is 0.00447. The number of amides is 1. The van der Waals surface area contributed by atoms with E-state index < -0.39 is 0 Å². The van der Waals surface area contributed by atoms with Gasteiger partial charge in [-0.2, -0.15) is 0 Å². The van der Waals surface area contributed by atoms with Crippen molar-refractivity contribution in [3.8, 4) is 0 Å². The van der Waals surface area contributed by atoms with E-state index in [0.717, 1.165) is 12.1 Å². The van der Waals surface area contributed by atoms with Gasteiger partial charge in [0.05, 0.1) is 0 Å². The number of nitrogen functional groups attached to an aromatic ring is 1. The van der Waals surface area contributed by atoms with Crippen molar-refractivity contribution in [2.45, 2.75) is 46.5 Å². The van der Waals surface area contributed by atoms with Crippen molar-refractivity contribution >= 4 is 11.6 Å². The summed E-state index contributed by atoms with van der Waals surface area (Å²) in [5.41, 5.74) is 8.42. The highest BCUT2D eigenvalue weighted by Gasteiger charge is 2.37. The molecule has 1 aromatic carbocycles. The highest BCUT2D eigenvalue weighted by Crippen LogP contribution is 2.45. The minimum Gasteiger partial charge on any atom is -0.399 e. The van der Waals surface area contributed by atoms with Crippen molar-refractivity contribution < 1.29 is 4.79 Å². The summed E-state index contributed by atoms with van der Waals surface area (Å²) in [7, 11) is 0. The number of aryl methyl sites for hydroxylation is 1. The fourth-order valence-corrected chi connectivity index (χ4v) is 3.24. The Labute approximate surface area is 121 Å². The van der Waals surface area contributed by atoms with Crippen LogP contribution in [0.2, 0.25) is 0 Å². The number of hydrogen-bond donors (Lipinski definition) is 2. The highest BCUT2D eigenvalue weighted by molar-refractivity contribution is 5.96. The summed E-state index contributed by atoms with van der Waals surface area (Å²) in [6.45, 7) is 7.24. The Morgan fingerprint density at radius 2 is 2.10 bits per heavy atom. The summed E-state index contributed by atoms with van der Waals surface area (Å²) in [6.07, 6.45) is 4.96. The molecule has 2 rings (SSSR count). The third kappa shape index (κ3) is 3.33. The Hall–Kier alpha value is -1.51. The molecule has 1 aliphatic carbocycles. The third-order valence-corrected chi connectivity index (χ3v) is 4.39. The minimum absolute atomic E-state index is 0.00447. The molecule has 1 saturated carbocycles. The van der Waals surface area contributed by atoms with E-state index in [2.05, 4.69) is 19.2 Å². The molecule has 1 aromatic rings. The normalized spacial score (nSPS) is 16.8. The van der Waals surface area contributed by atoms with Gasteiger partial charge in [-0.1, -0.05) is 26.3 Å². The third-order valence-electron chi connectivity index (χ3n) is 4.39. The fourth-order valence-electron chi connectivity index (χ4n) is 3.24. The van der Waals surface area contributed by atoms with E-state index in [1.165, 1.54) is 25.7 Å². The molecule has 0 heterocycles. The fraction of sp³-hybridized carbons (Fsp3) is 0.588. The molecule has 0 bridgehead atoms. The number of hydrogen-bond acceptors (Lipinski definition) is 2. The van der Waals surface area contributed by atoms with Crippen LogP contribution in [0, 0.1) is 18.3 Å². The topological polar surface area (TPSA) is 55.1 Å². The highest BCUT2D eigenvalue weighted by atomic mass is 16.1. The lowest BCUT2D eigenvalue weighted by Crippen LogP contribution is -2.43. The molecule has 0 radical (unpaired) electrons. The van der Waals surface area contributed by atoms with Crippen LogP contribution >= 0.6 is 0 Å². The van der Waals surface area contributed by atoms with Gasteiger partial charge in [-0.15, -0.1) is 0 Å². The first-order chi connectivity index (χ1) is 9.42. The molecule has 110 valence electrons. The predicted molar refractivity (Wildman–Crippen MR) is 83.7 cm³/mol. The molecule has 0 aromatic heterocycles. The molecule has 0 spiro atoms. The molecule has 1 aliphatic rings. The first-order valence-corrected chi connectivity index (χ1v) is 7.56. The van der Waals surface area contributed by atoms with Gasteiger partial charge in [0.1, 0.15) is 0 Å². The zero-order valence-corrected chi connectivity index (χ0v) is 12.8. The molecule has 1 fully saturated rings. The van der Waals surface area contributed by atoms with Crippen LogP contribution in [0.25, 0.3) is 0 Å². The first kappa shape index (κ1) is 14.9. The Bertz CT molecular complexity index is 490. The van der Waals surface area contributed by atoms with E-state index in [9.17, 15) is 4.79 Å². The number of carbonyl (C=O) groups is 1. The van der Waals surface area contributed by atoms with Crippen LogP contribution in [0.4, 0.5) is 5.69 Å². The molecule has 1 amide bonds. The SMILES string of the molecule is Cc1ccc(N)cc1C(=O)NCC1(CC(C)C)CCC1. The lowest BCUT2D eigenvalue weighted by molar-refractivity contribution is 0.0780. The summed E-state index contributed by atoms with van der Waals surface area (Å²) in [6, 6.07) is 5.50. The second kappa shape index (κ2) is 5.86. The van der Waals surface area contributed by atoms with Crippen LogP contribution in [0.3, 0.4) is 0 Å². The van der Waals surface area contributed by atoms with Crippen LogP contribution in [-0.4, -0.2) is 12.5 Å². The lowest BCUT2D eigenvalue weighted by atomic mass is 9.64. The number of carbonyl (C=O) groups excluding carboxylic acids is 1. The van der Waals surface area contributed by atoms with Crippen molar-refractivity contribution in [1.29, 1.82) is 0 Å². The van der Waals surface area contributed by atoms with Crippen molar-refractivity contribution in [2.75, 3.05) is 12.3 Å². The van der Waals surface area contributed by atoms with E-state index in [-0.39, 0.29) is 5.91 Å². The maximum atomic E-state index is 12.3. The van der Waals surface area contributed by atoms with Crippen molar-refractivity contribution in [3.05, 3.63) is 29.3 Å². The second-order valence-electron chi connectivity index (χ2n) is 6.71. The molecule has 0 atom stereocenters. The average Bonchev–Trinajstić information content (AvgIpc) is 2.34. The summed E-state index contributed by atoms with van der Waals surface area (Å²) in [4.78, 5) is 12.3. The standard InChI is InChI=1S/C17H26N2O/c1-12(2)10-17(7-4-8-17)11-19-16(20)15-9-14(18)6-5-13(15)3/h5-6,9,12H,4,7-8,10-11,18H2,1-3H3,(H,19,20). The zero-order valence-electron chi connectivity index (χ0n) is 12.8. The summed E-state index contributed by atoms with van der Waals surface area (Å²) in [5.74, 6) is 0.686. The molecular weight excluding hydrogens is 248 g/mol. The van der Waals surface area contributed by atoms with Crippen LogP contribution in [0.15, 0.2) is 18.2 Å². The smallest absolute Gasteiger partial charge is 0.251 e. The number of nitrogens with one attached hydrogen (secondary N) is 1. The average molecular weight is 274 g/mol. The largest absolute Gasteiger partial charge is 0.399 e. The van der Waals surface area contributed by atoms with Crippen LogP contribution in [-0.2, 0) is 0 Å². The van der Waals surface area contributed by atoms with Crippen LogP contribution in [0.1, 0.15) is 55.5 Å². The molecule has 0 unspecified atom stereocenters. The molecule has 3 nitrogen and oxygen atoms in total. The van der Waals surface area contributed by atoms with Gasteiger partial charge in [0.25, 0.3) is 5.91 Å². The molecule has 20 heavy (non-hydrogen) atoms. The van der Waals surface area contributed by atoms with Gasteiger partial charge >= 0.3 is 0 Å². The molecule has 3 N–H and O–H groups in total. The Kier molecular flexibility index (Phi) is 4.36. The van der Waals surface area contributed by atoms with Crippen molar-refractivity contribution in [1.82, 2.24) is 5.32 Å². The first-order valence-electron chi connectivity index (χ1n) is 7.56. The number of nitrogens with two attached hydrogens (primary N) is 1. The number of anilines is 1. The summed E-state index contributed by atoms with van der Waals surface area (Å²) in [5, 5.41) is 3.12.